The molecule has 0 radical (unpaired) electrons. The normalized spacial score (nSPS) is 11.9. The molecule has 0 fully saturated rings. The van der Waals surface area contributed by atoms with Gasteiger partial charge in [0.25, 0.3) is 5.91 Å². The minimum absolute atomic E-state index is 0.263. The summed E-state index contributed by atoms with van der Waals surface area (Å²) in [5.41, 5.74) is 0. The molecule has 2 aromatic rings. The lowest BCUT2D eigenvalue weighted by molar-refractivity contribution is -0.127. The molecule has 0 spiro atoms. The molecular weight excluding hydrogens is 249 g/mol. The van der Waals surface area contributed by atoms with Crippen LogP contribution in [-0.2, 0) is 11.3 Å². The van der Waals surface area contributed by atoms with Crippen LogP contribution in [0.15, 0.2) is 47.1 Å². The van der Waals surface area contributed by atoms with Gasteiger partial charge in [-0.2, -0.15) is 0 Å². The van der Waals surface area contributed by atoms with Crippen LogP contribution in [0.1, 0.15) is 12.7 Å². The van der Waals surface area contributed by atoms with Gasteiger partial charge in [0, 0.05) is 0 Å². The van der Waals surface area contributed by atoms with Gasteiger partial charge >= 0.3 is 0 Å². The van der Waals surface area contributed by atoms with Gasteiger partial charge in [0.05, 0.1) is 12.8 Å². The molecule has 0 aliphatic heterocycles. The molecule has 1 amide bonds. The lowest BCUT2D eigenvalue weighted by Crippen LogP contribution is -2.35. The van der Waals surface area contributed by atoms with Crippen LogP contribution < -0.4 is 10.1 Å². The fourth-order valence-corrected chi connectivity index (χ4v) is 1.50. The number of carbonyl (C=O) groups excluding carboxylic acids is 1. The summed E-state index contributed by atoms with van der Waals surface area (Å²) in [6.45, 7) is 1.93. The van der Waals surface area contributed by atoms with E-state index in [-0.39, 0.29) is 11.7 Å². The van der Waals surface area contributed by atoms with Crippen molar-refractivity contribution in [3.8, 4) is 5.75 Å². The van der Waals surface area contributed by atoms with E-state index in [4.69, 9.17) is 9.15 Å². The fourth-order valence-electron chi connectivity index (χ4n) is 1.50. The topological polar surface area (TPSA) is 51.5 Å². The molecule has 4 nitrogen and oxygen atoms in total. The molecule has 5 heteroatoms. The SMILES string of the molecule is C[C@H](Oc1ccc(F)cc1)C(=O)NCc1ccco1. The summed E-state index contributed by atoms with van der Waals surface area (Å²) in [6, 6.07) is 9.04. The number of benzene rings is 1. The number of furan rings is 1. The zero-order valence-corrected chi connectivity index (χ0v) is 10.4. The third-order valence-corrected chi connectivity index (χ3v) is 2.51. The number of rotatable bonds is 5. The lowest BCUT2D eigenvalue weighted by Gasteiger charge is -2.14. The first-order valence-electron chi connectivity index (χ1n) is 5.87. The van der Waals surface area contributed by atoms with Gasteiger partial charge in [-0.25, -0.2) is 4.39 Å². The highest BCUT2D eigenvalue weighted by Crippen LogP contribution is 2.13. The second-order valence-electron chi connectivity index (χ2n) is 4.01. The Morgan fingerprint density at radius 3 is 2.74 bits per heavy atom. The molecule has 0 saturated heterocycles. The van der Waals surface area contributed by atoms with Gasteiger partial charge < -0.3 is 14.5 Å². The van der Waals surface area contributed by atoms with Crippen molar-refractivity contribution in [2.75, 3.05) is 0 Å². The number of nitrogens with one attached hydrogen (secondary N) is 1. The van der Waals surface area contributed by atoms with Crippen LogP contribution in [0.2, 0.25) is 0 Å². The van der Waals surface area contributed by atoms with E-state index >= 15 is 0 Å². The maximum atomic E-state index is 12.7. The van der Waals surface area contributed by atoms with Gasteiger partial charge in [-0.3, -0.25) is 4.79 Å². The number of carbonyl (C=O) groups is 1. The van der Waals surface area contributed by atoms with E-state index in [1.165, 1.54) is 24.3 Å². The number of hydrogen-bond donors (Lipinski definition) is 1. The van der Waals surface area contributed by atoms with E-state index in [1.54, 1.807) is 25.3 Å². The van der Waals surface area contributed by atoms with Gasteiger partial charge in [-0.15, -0.1) is 0 Å². The van der Waals surface area contributed by atoms with Crippen molar-refractivity contribution in [3.63, 3.8) is 0 Å². The summed E-state index contributed by atoms with van der Waals surface area (Å²) in [5.74, 6) is 0.507. The summed E-state index contributed by atoms with van der Waals surface area (Å²) in [7, 11) is 0. The standard InChI is InChI=1S/C14H14FNO3/c1-10(19-12-6-4-11(15)5-7-12)14(17)16-9-13-3-2-8-18-13/h2-8,10H,9H2,1H3,(H,16,17)/t10-/m0/s1. The zero-order valence-electron chi connectivity index (χ0n) is 10.4. The Balaban J connectivity index is 1.83. The summed E-state index contributed by atoms with van der Waals surface area (Å²) in [4.78, 5) is 11.8. The Bertz CT molecular complexity index is 522. The summed E-state index contributed by atoms with van der Waals surface area (Å²) < 4.78 is 23.2. The van der Waals surface area contributed by atoms with E-state index in [0.717, 1.165) is 0 Å². The van der Waals surface area contributed by atoms with Crippen molar-refractivity contribution in [2.24, 2.45) is 0 Å². The predicted octanol–water partition coefficient (Wildman–Crippen LogP) is 2.50. The average molecular weight is 263 g/mol. The monoisotopic (exact) mass is 263 g/mol. The molecule has 0 aliphatic rings. The Labute approximate surface area is 110 Å². The molecular formula is C14H14FNO3. The highest BCUT2D eigenvalue weighted by atomic mass is 19.1. The van der Waals surface area contributed by atoms with Crippen LogP contribution in [-0.4, -0.2) is 12.0 Å². The van der Waals surface area contributed by atoms with Gasteiger partial charge in [0.2, 0.25) is 0 Å². The van der Waals surface area contributed by atoms with Gasteiger partial charge in [0.1, 0.15) is 17.3 Å². The molecule has 19 heavy (non-hydrogen) atoms. The third-order valence-electron chi connectivity index (χ3n) is 2.51. The summed E-state index contributed by atoms with van der Waals surface area (Å²) >= 11 is 0. The van der Waals surface area contributed by atoms with Crippen molar-refractivity contribution in [2.45, 2.75) is 19.6 Å². The number of hydrogen-bond acceptors (Lipinski definition) is 3. The first-order valence-corrected chi connectivity index (χ1v) is 5.87. The van der Waals surface area contributed by atoms with E-state index in [0.29, 0.717) is 18.1 Å². The molecule has 2 rings (SSSR count). The molecule has 0 saturated carbocycles. The minimum atomic E-state index is -0.666. The van der Waals surface area contributed by atoms with Crippen LogP contribution in [0.5, 0.6) is 5.75 Å². The smallest absolute Gasteiger partial charge is 0.261 e. The van der Waals surface area contributed by atoms with Gasteiger partial charge in [0.15, 0.2) is 6.10 Å². The fraction of sp³-hybridized carbons (Fsp3) is 0.214. The first kappa shape index (κ1) is 13.1. The third kappa shape index (κ3) is 3.84. The van der Waals surface area contributed by atoms with Crippen molar-refractivity contribution >= 4 is 5.91 Å². The van der Waals surface area contributed by atoms with Gasteiger partial charge in [-0.1, -0.05) is 0 Å². The maximum absolute atomic E-state index is 12.7. The minimum Gasteiger partial charge on any atom is -0.481 e. The molecule has 1 heterocycles. The van der Waals surface area contributed by atoms with Crippen LogP contribution in [0.25, 0.3) is 0 Å². The largest absolute Gasteiger partial charge is 0.481 e. The molecule has 1 aromatic carbocycles. The Kier molecular flexibility index (Phi) is 4.18. The highest BCUT2D eigenvalue weighted by Gasteiger charge is 2.14. The van der Waals surface area contributed by atoms with Crippen LogP contribution in [0.3, 0.4) is 0 Å². The van der Waals surface area contributed by atoms with Crippen molar-refractivity contribution in [1.82, 2.24) is 5.32 Å². The van der Waals surface area contributed by atoms with Crippen LogP contribution >= 0.6 is 0 Å². The summed E-state index contributed by atoms with van der Waals surface area (Å²) in [6.07, 6.45) is 0.875. The zero-order chi connectivity index (χ0) is 13.7. The van der Waals surface area contributed by atoms with E-state index in [1.807, 2.05) is 0 Å². The lowest BCUT2D eigenvalue weighted by atomic mass is 10.3. The van der Waals surface area contributed by atoms with E-state index < -0.39 is 6.10 Å². The summed E-state index contributed by atoms with van der Waals surface area (Å²) in [5, 5.41) is 2.68. The molecule has 0 aliphatic carbocycles. The average Bonchev–Trinajstić information content (AvgIpc) is 2.91. The number of halogens is 1. The quantitative estimate of drug-likeness (QED) is 0.901. The second kappa shape index (κ2) is 6.04. The van der Waals surface area contributed by atoms with Crippen LogP contribution in [0, 0.1) is 5.82 Å². The first-order chi connectivity index (χ1) is 9.15. The van der Waals surface area contributed by atoms with Crippen LogP contribution in [0.4, 0.5) is 4.39 Å². The van der Waals surface area contributed by atoms with Crippen molar-refractivity contribution < 1.29 is 18.3 Å². The Morgan fingerprint density at radius 2 is 2.11 bits per heavy atom. The van der Waals surface area contributed by atoms with Gasteiger partial charge in [-0.05, 0) is 43.3 Å². The second-order valence-corrected chi connectivity index (χ2v) is 4.01. The molecule has 0 bridgehead atoms. The molecule has 0 unspecified atom stereocenters. The Hall–Kier alpha value is -2.30. The number of ether oxygens (including phenoxy) is 1. The highest BCUT2D eigenvalue weighted by molar-refractivity contribution is 5.80. The predicted molar refractivity (Wildman–Crippen MR) is 67.0 cm³/mol. The van der Waals surface area contributed by atoms with Crippen molar-refractivity contribution in [3.05, 3.63) is 54.2 Å². The molecule has 1 N–H and O–H groups in total. The van der Waals surface area contributed by atoms with E-state index in [9.17, 15) is 9.18 Å². The molecule has 100 valence electrons. The van der Waals surface area contributed by atoms with E-state index in [2.05, 4.69) is 5.32 Å². The Morgan fingerprint density at radius 1 is 1.37 bits per heavy atom. The molecule has 1 aromatic heterocycles. The number of amides is 1. The van der Waals surface area contributed by atoms with Crippen molar-refractivity contribution in [1.29, 1.82) is 0 Å². The maximum Gasteiger partial charge on any atom is 0.261 e. The molecule has 1 atom stereocenters.